The van der Waals surface area contributed by atoms with Gasteiger partial charge in [-0.2, -0.15) is 0 Å². The predicted octanol–water partition coefficient (Wildman–Crippen LogP) is 4.48. The van der Waals surface area contributed by atoms with Gasteiger partial charge in [-0.05, 0) is 41.8 Å². The number of benzene rings is 1. The zero-order chi connectivity index (χ0) is 19.8. The zero-order valence-corrected chi connectivity index (χ0v) is 17.5. The average Bonchev–Trinajstić information content (AvgIpc) is 3.41. The van der Waals surface area contributed by atoms with Crippen LogP contribution in [0, 0.1) is 5.92 Å². The number of amides is 1. The Morgan fingerprint density at radius 3 is 2.57 bits per heavy atom. The number of halogens is 1. The van der Waals surface area contributed by atoms with Gasteiger partial charge in [-0.3, -0.25) is 4.79 Å². The molecular formula is C21H21ClN4OS. The average molecular weight is 413 g/mol. The van der Waals surface area contributed by atoms with Crippen LogP contribution in [-0.2, 0) is 11.8 Å². The van der Waals surface area contributed by atoms with Crippen LogP contribution in [-0.4, -0.2) is 39.4 Å². The van der Waals surface area contributed by atoms with Gasteiger partial charge in [-0.15, -0.1) is 0 Å². The molecule has 28 heavy (non-hydrogen) atoms. The van der Waals surface area contributed by atoms with Crippen molar-refractivity contribution in [1.82, 2.24) is 19.4 Å². The molecule has 0 N–H and O–H groups in total. The van der Waals surface area contributed by atoms with Crippen molar-refractivity contribution < 1.29 is 4.79 Å². The van der Waals surface area contributed by atoms with Crippen LogP contribution >= 0.6 is 23.4 Å². The molecule has 0 bridgehead atoms. The first-order valence-electron chi connectivity index (χ1n) is 9.06. The number of carbonyl (C=O) groups is 1. The summed E-state index contributed by atoms with van der Waals surface area (Å²) < 4.78 is 2.00. The number of carbonyl (C=O) groups excluding carboxylic acids is 1. The summed E-state index contributed by atoms with van der Waals surface area (Å²) in [7, 11) is 5.61. The van der Waals surface area contributed by atoms with Crippen molar-refractivity contribution in [1.29, 1.82) is 0 Å². The van der Waals surface area contributed by atoms with Crippen molar-refractivity contribution in [2.24, 2.45) is 13.0 Å². The van der Waals surface area contributed by atoms with E-state index in [1.165, 1.54) is 5.56 Å². The lowest BCUT2D eigenvalue weighted by Gasteiger charge is -2.10. The van der Waals surface area contributed by atoms with Gasteiger partial charge >= 0.3 is 0 Å². The third-order valence-electron chi connectivity index (χ3n) is 4.95. The van der Waals surface area contributed by atoms with Crippen LogP contribution < -0.4 is 0 Å². The smallest absolute Gasteiger partial charge is 0.225 e. The van der Waals surface area contributed by atoms with Crippen LogP contribution in [0.5, 0.6) is 0 Å². The van der Waals surface area contributed by atoms with Crippen LogP contribution in [0.1, 0.15) is 17.9 Å². The molecule has 0 radical (unpaired) electrons. The van der Waals surface area contributed by atoms with E-state index in [1.54, 1.807) is 22.9 Å². The molecule has 1 fully saturated rings. The van der Waals surface area contributed by atoms with Gasteiger partial charge in [0.25, 0.3) is 0 Å². The minimum Gasteiger partial charge on any atom is -0.349 e. The van der Waals surface area contributed by atoms with Gasteiger partial charge in [-0.1, -0.05) is 35.9 Å². The predicted molar refractivity (Wildman–Crippen MR) is 112 cm³/mol. The highest BCUT2D eigenvalue weighted by atomic mass is 35.5. The Balaban J connectivity index is 1.54. The first-order chi connectivity index (χ1) is 13.4. The standard InChI is InChI=1S/C21H21ClN4OS/c1-25(2)20(27)17-10-16(17)13-4-6-14(7-5-13)19-21(26(3)12-24-19)28-18-9-8-15(22)11-23-18/h4-9,11-12,16-17H,10H2,1-3H3/t16?,17-/m0/s1. The number of aromatic nitrogens is 3. The highest BCUT2D eigenvalue weighted by Gasteiger charge is 2.44. The molecule has 0 saturated heterocycles. The van der Waals surface area contributed by atoms with Crippen molar-refractivity contribution in [3.63, 3.8) is 0 Å². The van der Waals surface area contributed by atoms with E-state index < -0.39 is 0 Å². The normalized spacial score (nSPS) is 18.1. The largest absolute Gasteiger partial charge is 0.349 e. The van der Waals surface area contributed by atoms with E-state index in [9.17, 15) is 4.79 Å². The lowest BCUT2D eigenvalue weighted by Crippen LogP contribution is -2.23. The fourth-order valence-corrected chi connectivity index (χ4v) is 4.32. The molecule has 2 atom stereocenters. The number of hydrogen-bond donors (Lipinski definition) is 0. The Kier molecular flexibility index (Phi) is 5.17. The summed E-state index contributed by atoms with van der Waals surface area (Å²) in [5.74, 6) is 0.672. The number of nitrogens with zero attached hydrogens (tertiary/aromatic N) is 4. The van der Waals surface area contributed by atoms with E-state index in [4.69, 9.17) is 11.6 Å². The van der Waals surface area contributed by atoms with E-state index >= 15 is 0 Å². The summed E-state index contributed by atoms with van der Waals surface area (Å²) in [4.78, 5) is 22.7. The van der Waals surface area contributed by atoms with Gasteiger partial charge in [0.15, 0.2) is 0 Å². The van der Waals surface area contributed by atoms with Gasteiger partial charge in [0.1, 0.15) is 15.7 Å². The molecule has 4 rings (SSSR count). The van der Waals surface area contributed by atoms with E-state index in [-0.39, 0.29) is 11.8 Å². The SMILES string of the molecule is CN(C)C(=O)[C@H]1CC1c1ccc(-c2ncn(C)c2Sc2ccc(Cl)cn2)cc1. The number of hydrogen-bond acceptors (Lipinski definition) is 4. The number of pyridine rings is 1. The molecule has 3 aromatic rings. The molecule has 2 aromatic heterocycles. The monoisotopic (exact) mass is 412 g/mol. The maximum atomic E-state index is 12.1. The Morgan fingerprint density at radius 2 is 1.93 bits per heavy atom. The van der Waals surface area contributed by atoms with Crippen molar-refractivity contribution in [3.05, 3.63) is 59.5 Å². The lowest BCUT2D eigenvalue weighted by molar-refractivity contribution is -0.130. The molecule has 1 unspecified atom stereocenters. The Labute approximate surface area is 173 Å². The van der Waals surface area contributed by atoms with E-state index in [0.717, 1.165) is 27.7 Å². The van der Waals surface area contributed by atoms with E-state index in [2.05, 4.69) is 34.2 Å². The van der Waals surface area contributed by atoms with Crippen molar-refractivity contribution >= 4 is 29.3 Å². The molecule has 2 heterocycles. The molecule has 1 aromatic carbocycles. The summed E-state index contributed by atoms with van der Waals surface area (Å²) in [6.45, 7) is 0. The summed E-state index contributed by atoms with van der Waals surface area (Å²) in [6.07, 6.45) is 4.40. The van der Waals surface area contributed by atoms with Crippen molar-refractivity contribution in [2.45, 2.75) is 22.4 Å². The Bertz CT molecular complexity index is 998. The van der Waals surface area contributed by atoms with Gasteiger partial charge < -0.3 is 9.47 Å². The number of rotatable bonds is 5. The topological polar surface area (TPSA) is 51.0 Å². The number of aryl methyl sites for hydroxylation is 1. The van der Waals surface area contributed by atoms with E-state index in [0.29, 0.717) is 10.9 Å². The summed E-state index contributed by atoms with van der Waals surface area (Å²) in [5.41, 5.74) is 3.19. The molecule has 7 heteroatoms. The van der Waals surface area contributed by atoms with Crippen LogP contribution in [0.15, 0.2) is 59.0 Å². The molecule has 5 nitrogen and oxygen atoms in total. The molecular weight excluding hydrogens is 392 g/mol. The third kappa shape index (κ3) is 3.80. The first kappa shape index (κ1) is 19.0. The minimum absolute atomic E-state index is 0.123. The second-order valence-electron chi connectivity index (χ2n) is 7.23. The Morgan fingerprint density at radius 1 is 1.18 bits per heavy atom. The summed E-state index contributed by atoms with van der Waals surface area (Å²) >= 11 is 7.49. The fraction of sp³-hybridized carbons (Fsp3) is 0.286. The second-order valence-corrected chi connectivity index (χ2v) is 8.67. The fourth-order valence-electron chi connectivity index (χ4n) is 3.32. The van der Waals surface area contributed by atoms with Crippen LogP contribution in [0.25, 0.3) is 11.3 Å². The van der Waals surface area contributed by atoms with Crippen LogP contribution in [0.3, 0.4) is 0 Å². The second kappa shape index (κ2) is 7.60. The van der Waals surface area contributed by atoms with Crippen LogP contribution in [0.2, 0.25) is 5.02 Å². The van der Waals surface area contributed by atoms with Crippen LogP contribution in [0.4, 0.5) is 0 Å². The zero-order valence-electron chi connectivity index (χ0n) is 16.0. The maximum absolute atomic E-state index is 12.1. The summed E-state index contributed by atoms with van der Waals surface area (Å²) in [5, 5.41) is 2.51. The molecule has 1 aliphatic rings. The molecule has 1 saturated carbocycles. The van der Waals surface area contributed by atoms with Crippen molar-refractivity contribution in [2.75, 3.05) is 14.1 Å². The lowest BCUT2D eigenvalue weighted by atomic mass is 10.0. The molecule has 1 aliphatic carbocycles. The first-order valence-corrected chi connectivity index (χ1v) is 10.3. The molecule has 144 valence electrons. The van der Waals surface area contributed by atoms with Gasteiger partial charge in [0, 0.05) is 38.8 Å². The minimum atomic E-state index is 0.123. The van der Waals surface area contributed by atoms with Crippen molar-refractivity contribution in [3.8, 4) is 11.3 Å². The maximum Gasteiger partial charge on any atom is 0.225 e. The molecule has 0 aliphatic heterocycles. The van der Waals surface area contributed by atoms with Gasteiger partial charge in [-0.25, -0.2) is 9.97 Å². The Hall–Kier alpha value is -2.31. The van der Waals surface area contributed by atoms with Gasteiger partial charge in [0.2, 0.25) is 5.91 Å². The quantitative estimate of drug-likeness (QED) is 0.620. The highest BCUT2D eigenvalue weighted by Crippen LogP contribution is 2.48. The highest BCUT2D eigenvalue weighted by molar-refractivity contribution is 7.99. The summed E-state index contributed by atoms with van der Waals surface area (Å²) in [6, 6.07) is 12.2. The third-order valence-corrected chi connectivity index (χ3v) is 6.29. The molecule has 1 amide bonds. The van der Waals surface area contributed by atoms with E-state index in [1.807, 2.05) is 44.2 Å². The molecule has 0 spiro atoms. The number of imidazole rings is 1. The van der Waals surface area contributed by atoms with Gasteiger partial charge in [0.05, 0.1) is 11.3 Å².